The molecule has 2 aromatic rings. The molecule has 5 heteroatoms. The Bertz CT molecular complexity index is 650. The minimum absolute atomic E-state index is 0.184. The summed E-state index contributed by atoms with van der Waals surface area (Å²) in [5.41, 5.74) is 1.67. The molecular formula is C13H12F2N2S. The van der Waals surface area contributed by atoms with Gasteiger partial charge in [-0.2, -0.15) is 0 Å². The number of aromatic nitrogens is 2. The van der Waals surface area contributed by atoms with Crippen LogP contribution in [0.5, 0.6) is 0 Å². The van der Waals surface area contributed by atoms with Crippen molar-refractivity contribution in [2.75, 3.05) is 0 Å². The molecule has 0 aliphatic rings. The Labute approximate surface area is 109 Å². The molecule has 0 aliphatic carbocycles. The number of aryl methyl sites for hydroxylation is 1. The van der Waals surface area contributed by atoms with Crippen LogP contribution in [0.15, 0.2) is 18.5 Å². The van der Waals surface area contributed by atoms with Crippen LogP contribution in [0.25, 0.3) is 11.3 Å². The molecule has 94 valence electrons. The highest BCUT2D eigenvalue weighted by Crippen LogP contribution is 2.27. The summed E-state index contributed by atoms with van der Waals surface area (Å²) in [6.45, 7) is 3.42. The van der Waals surface area contributed by atoms with E-state index < -0.39 is 11.6 Å². The number of hydrogen-bond donors (Lipinski definition) is 1. The fraction of sp³-hybridized carbons (Fsp3) is 0.231. The zero-order valence-corrected chi connectivity index (χ0v) is 10.9. The van der Waals surface area contributed by atoms with E-state index in [4.69, 9.17) is 12.2 Å². The van der Waals surface area contributed by atoms with Gasteiger partial charge >= 0.3 is 0 Å². The Morgan fingerprint density at radius 2 is 2.00 bits per heavy atom. The van der Waals surface area contributed by atoms with E-state index in [-0.39, 0.29) is 11.1 Å². The number of benzene rings is 1. The minimum atomic E-state index is -0.860. The molecule has 0 saturated carbocycles. The van der Waals surface area contributed by atoms with Gasteiger partial charge in [0.05, 0.1) is 12.0 Å². The van der Waals surface area contributed by atoms with Gasteiger partial charge in [0.15, 0.2) is 11.6 Å². The van der Waals surface area contributed by atoms with Crippen molar-refractivity contribution in [1.29, 1.82) is 0 Å². The van der Waals surface area contributed by atoms with E-state index in [0.717, 1.165) is 5.56 Å². The maximum atomic E-state index is 13.9. The molecule has 1 aromatic carbocycles. The van der Waals surface area contributed by atoms with E-state index in [9.17, 15) is 8.78 Å². The fourth-order valence-electron chi connectivity index (χ4n) is 1.83. The van der Waals surface area contributed by atoms with Crippen LogP contribution in [0.4, 0.5) is 8.78 Å². The second-order valence-corrected chi connectivity index (χ2v) is 4.36. The van der Waals surface area contributed by atoms with Crippen LogP contribution in [-0.4, -0.2) is 9.97 Å². The highest BCUT2D eigenvalue weighted by atomic mass is 32.1. The van der Waals surface area contributed by atoms with Crippen LogP contribution < -0.4 is 0 Å². The molecule has 0 amide bonds. The first kappa shape index (κ1) is 12.8. The molecular weight excluding hydrogens is 254 g/mol. The van der Waals surface area contributed by atoms with Gasteiger partial charge in [-0.25, -0.2) is 13.8 Å². The van der Waals surface area contributed by atoms with Crippen molar-refractivity contribution in [3.05, 3.63) is 45.9 Å². The number of H-pyrrole nitrogens is 1. The van der Waals surface area contributed by atoms with Crippen LogP contribution >= 0.6 is 12.2 Å². The third-order valence-electron chi connectivity index (χ3n) is 2.85. The summed E-state index contributed by atoms with van der Waals surface area (Å²) in [6, 6.07) is 3.10. The van der Waals surface area contributed by atoms with Crippen LogP contribution in [0.1, 0.15) is 18.1 Å². The summed E-state index contributed by atoms with van der Waals surface area (Å²) in [5, 5.41) is 0. The van der Waals surface area contributed by atoms with E-state index in [0.29, 0.717) is 16.8 Å². The van der Waals surface area contributed by atoms with Crippen molar-refractivity contribution >= 4 is 12.2 Å². The Kier molecular flexibility index (Phi) is 3.52. The van der Waals surface area contributed by atoms with E-state index in [1.165, 1.54) is 13.3 Å². The first-order valence-corrected chi connectivity index (χ1v) is 5.98. The molecule has 2 nitrogen and oxygen atoms in total. The van der Waals surface area contributed by atoms with Crippen LogP contribution in [-0.2, 0) is 6.42 Å². The number of nitrogens with one attached hydrogen (secondary N) is 1. The Morgan fingerprint density at radius 3 is 2.67 bits per heavy atom. The third-order valence-corrected chi connectivity index (χ3v) is 3.20. The first-order chi connectivity index (χ1) is 8.56. The minimum Gasteiger partial charge on any atom is -0.345 e. The fourth-order valence-corrected chi connectivity index (χ4v) is 2.13. The summed E-state index contributed by atoms with van der Waals surface area (Å²) >= 11 is 5.09. The van der Waals surface area contributed by atoms with Gasteiger partial charge in [-0.15, -0.1) is 0 Å². The molecule has 2 rings (SSSR count). The summed E-state index contributed by atoms with van der Waals surface area (Å²) < 4.78 is 27.9. The largest absolute Gasteiger partial charge is 0.345 e. The van der Waals surface area contributed by atoms with Gasteiger partial charge in [0.25, 0.3) is 0 Å². The topological polar surface area (TPSA) is 28.7 Å². The van der Waals surface area contributed by atoms with E-state index >= 15 is 0 Å². The quantitative estimate of drug-likeness (QED) is 0.834. The zero-order valence-electron chi connectivity index (χ0n) is 10.1. The smallest absolute Gasteiger partial charge is 0.168 e. The number of halogens is 2. The monoisotopic (exact) mass is 266 g/mol. The average Bonchev–Trinajstić information content (AvgIpc) is 2.36. The molecule has 0 saturated heterocycles. The normalized spacial score (nSPS) is 10.7. The molecule has 0 atom stereocenters. The van der Waals surface area contributed by atoms with Crippen molar-refractivity contribution in [3.63, 3.8) is 0 Å². The Balaban J connectivity index is 2.74. The second-order valence-electron chi connectivity index (χ2n) is 3.97. The summed E-state index contributed by atoms with van der Waals surface area (Å²) in [7, 11) is 0. The van der Waals surface area contributed by atoms with Gasteiger partial charge in [-0.3, -0.25) is 0 Å². The summed E-state index contributed by atoms with van der Waals surface area (Å²) in [4.78, 5) is 6.80. The molecule has 0 radical (unpaired) electrons. The molecule has 0 spiro atoms. The van der Waals surface area contributed by atoms with Crippen molar-refractivity contribution in [1.82, 2.24) is 9.97 Å². The predicted molar refractivity (Wildman–Crippen MR) is 68.9 cm³/mol. The number of rotatable bonds is 2. The molecule has 0 aliphatic heterocycles. The third kappa shape index (κ3) is 2.06. The zero-order chi connectivity index (χ0) is 13.3. The summed E-state index contributed by atoms with van der Waals surface area (Å²) in [5.74, 6) is -1.69. The van der Waals surface area contributed by atoms with Gasteiger partial charge in [0.1, 0.15) is 4.64 Å². The Hall–Kier alpha value is -1.62. The molecule has 1 heterocycles. The van der Waals surface area contributed by atoms with E-state index in [1.807, 2.05) is 6.92 Å². The lowest BCUT2D eigenvalue weighted by molar-refractivity contribution is 0.505. The standard InChI is InChI=1S/C13H12F2N2S/c1-3-8-12(16-6-17-13(8)18)9-5-4-7(2)10(14)11(9)15/h4-6H,3H2,1-2H3,(H,16,17,18). The number of hydrogen-bond acceptors (Lipinski definition) is 2. The van der Waals surface area contributed by atoms with Crippen LogP contribution in [0, 0.1) is 23.2 Å². The highest BCUT2D eigenvalue weighted by molar-refractivity contribution is 7.71. The Morgan fingerprint density at radius 1 is 1.28 bits per heavy atom. The first-order valence-electron chi connectivity index (χ1n) is 5.57. The van der Waals surface area contributed by atoms with Gasteiger partial charge < -0.3 is 4.98 Å². The van der Waals surface area contributed by atoms with Crippen LogP contribution in [0.3, 0.4) is 0 Å². The predicted octanol–water partition coefficient (Wildman–Crippen LogP) is 3.96. The van der Waals surface area contributed by atoms with Gasteiger partial charge in [-0.05, 0) is 25.0 Å². The maximum absolute atomic E-state index is 13.9. The lowest BCUT2D eigenvalue weighted by Crippen LogP contribution is -2.00. The van der Waals surface area contributed by atoms with Crippen molar-refractivity contribution in [3.8, 4) is 11.3 Å². The van der Waals surface area contributed by atoms with Crippen LogP contribution in [0.2, 0.25) is 0 Å². The molecule has 1 aromatic heterocycles. The van der Waals surface area contributed by atoms with Crippen molar-refractivity contribution < 1.29 is 8.78 Å². The lowest BCUT2D eigenvalue weighted by atomic mass is 10.0. The van der Waals surface area contributed by atoms with Crippen molar-refractivity contribution in [2.45, 2.75) is 20.3 Å². The van der Waals surface area contributed by atoms with Gasteiger partial charge in [0, 0.05) is 11.1 Å². The molecule has 0 fully saturated rings. The molecule has 0 bridgehead atoms. The lowest BCUT2D eigenvalue weighted by Gasteiger charge is -2.10. The SMILES string of the molecule is CCc1c(-c2ccc(C)c(F)c2F)[nH]cnc1=S. The number of nitrogens with zero attached hydrogens (tertiary/aromatic N) is 1. The van der Waals surface area contributed by atoms with Gasteiger partial charge in [-0.1, -0.05) is 25.2 Å². The molecule has 18 heavy (non-hydrogen) atoms. The average molecular weight is 266 g/mol. The summed E-state index contributed by atoms with van der Waals surface area (Å²) in [6.07, 6.45) is 2.00. The van der Waals surface area contributed by atoms with E-state index in [1.54, 1.807) is 12.1 Å². The number of aromatic amines is 1. The second kappa shape index (κ2) is 4.94. The van der Waals surface area contributed by atoms with Gasteiger partial charge in [0.2, 0.25) is 0 Å². The molecule has 1 N–H and O–H groups in total. The maximum Gasteiger partial charge on any atom is 0.168 e. The van der Waals surface area contributed by atoms with Crippen molar-refractivity contribution in [2.24, 2.45) is 0 Å². The molecule has 0 unspecified atom stereocenters. The van der Waals surface area contributed by atoms with E-state index in [2.05, 4.69) is 9.97 Å². The highest BCUT2D eigenvalue weighted by Gasteiger charge is 2.15.